The number of benzene rings is 2. The molecule has 10 heteroatoms. The summed E-state index contributed by atoms with van der Waals surface area (Å²) in [6, 6.07) is 9.12. The second-order valence-electron chi connectivity index (χ2n) is 11.9. The number of hydrogen-bond acceptors (Lipinski definition) is 8. The summed E-state index contributed by atoms with van der Waals surface area (Å²) in [7, 11) is 2.21. The zero-order chi connectivity index (χ0) is 28.8. The van der Waals surface area contributed by atoms with Crippen molar-refractivity contribution in [1.82, 2.24) is 19.9 Å². The van der Waals surface area contributed by atoms with Crippen molar-refractivity contribution < 1.29 is 19.0 Å². The quantitative estimate of drug-likeness (QED) is 0.293. The topological polar surface area (TPSA) is 83.8 Å². The molecular formula is C32H35ClFN5O3. The summed E-state index contributed by atoms with van der Waals surface area (Å²) in [6.45, 7) is 4.18. The number of likely N-dealkylation sites (tertiary alicyclic amines) is 1. The molecule has 2 atom stereocenters. The van der Waals surface area contributed by atoms with Crippen LogP contribution in [0.3, 0.4) is 0 Å². The average molecular weight is 592 g/mol. The third-order valence-corrected chi connectivity index (χ3v) is 9.71. The highest BCUT2D eigenvalue weighted by Crippen LogP contribution is 2.47. The smallest absolute Gasteiger partial charge is 0.319 e. The maximum absolute atomic E-state index is 16.6. The van der Waals surface area contributed by atoms with E-state index < -0.39 is 5.82 Å². The number of fused-ring (bicyclic) bond motifs is 3. The largest absolute Gasteiger partial charge is 0.508 e. The summed E-state index contributed by atoms with van der Waals surface area (Å²) in [5, 5.41) is 12.7. The van der Waals surface area contributed by atoms with Crippen LogP contribution in [0.4, 0.5) is 10.2 Å². The fraction of sp³-hybridized carbons (Fsp3) is 0.469. The highest BCUT2D eigenvalue weighted by atomic mass is 35.5. The van der Waals surface area contributed by atoms with Crippen LogP contribution < -0.4 is 9.64 Å². The van der Waals surface area contributed by atoms with E-state index in [9.17, 15) is 5.11 Å². The SMILES string of the molecule is CN1CCCC2(COc3nc(N4CCCOCC4)c4cnc(-c5cc(O)cc6cccc(Cl)c56)c(F)c4n3)CCCC12. The van der Waals surface area contributed by atoms with Crippen LogP contribution in [0.5, 0.6) is 11.8 Å². The van der Waals surface area contributed by atoms with Crippen LogP contribution in [-0.4, -0.2) is 77.5 Å². The molecule has 2 aromatic carbocycles. The van der Waals surface area contributed by atoms with Gasteiger partial charge in [-0.1, -0.05) is 30.2 Å². The van der Waals surface area contributed by atoms with Crippen LogP contribution >= 0.6 is 11.6 Å². The Balaban J connectivity index is 1.35. The molecule has 42 heavy (non-hydrogen) atoms. The Kier molecular flexibility index (Phi) is 7.28. The molecule has 1 N–H and O–H groups in total. The molecule has 2 aliphatic heterocycles. The van der Waals surface area contributed by atoms with Crippen LogP contribution in [-0.2, 0) is 4.74 Å². The van der Waals surface area contributed by atoms with Gasteiger partial charge in [0.15, 0.2) is 5.82 Å². The Morgan fingerprint density at radius 1 is 1.12 bits per heavy atom. The molecule has 2 saturated heterocycles. The van der Waals surface area contributed by atoms with Crippen molar-refractivity contribution in [2.75, 3.05) is 51.4 Å². The molecule has 0 amide bonds. The lowest BCUT2D eigenvalue weighted by molar-refractivity contribution is 0.0133. The molecule has 8 nitrogen and oxygen atoms in total. The van der Waals surface area contributed by atoms with Gasteiger partial charge in [-0.15, -0.1) is 0 Å². The van der Waals surface area contributed by atoms with Gasteiger partial charge in [-0.05, 0) is 69.3 Å². The van der Waals surface area contributed by atoms with E-state index in [0.29, 0.717) is 65.0 Å². The van der Waals surface area contributed by atoms with E-state index in [1.807, 2.05) is 6.07 Å². The van der Waals surface area contributed by atoms with Gasteiger partial charge >= 0.3 is 6.01 Å². The molecule has 220 valence electrons. The Hall–Kier alpha value is -3.27. The number of ether oxygens (including phenoxy) is 2. The second-order valence-corrected chi connectivity index (χ2v) is 12.3. The molecule has 0 bridgehead atoms. The van der Waals surface area contributed by atoms with Gasteiger partial charge in [-0.25, -0.2) is 4.39 Å². The molecule has 0 spiro atoms. The van der Waals surface area contributed by atoms with Gasteiger partial charge in [0.05, 0.1) is 18.6 Å². The van der Waals surface area contributed by atoms with Crippen molar-refractivity contribution in [3.8, 4) is 23.0 Å². The Labute approximate surface area is 249 Å². The average Bonchev–Trinajstić information content (AvgIpc) is 3.24. The van der Waals surface area contributed by atoms with Crippen LogP contribution in [0, 0.1) is 11.2 Å². The molecule has 1 aliphatic carbocycles. The highest BCUT2D eigenvalue weighted by Gasteiger charge is 2.47. The van der Waals surface area contributed by atoms with Gasteiger partial charge in [0.2, 0.25) is 0 Å². The Morgan fingerprint density at radius 3 is 2.90 bits per heavy atom. The van der Waals surface area contributed by atoms with Gasteiger partial charge in [0.25, 0.3) is 0 Å². The highest BCUT2D eigenvalue weighted by molar-refractivity contribution is 6.36. The van der Waals surface area contributed by atoms with E-state index in [4.69, 9.17) is 26.1 Å². The van der Waals surface area contributed by atoms with Crippen molar-refractivity contribution in [2.24, 2.45) is 5.41 Å². The molecule has 3 fully saturated rings. The number of nitrogens with zero attached hydrogens (tertiary/aromatic N) is 5. The minimum Gasteiger partial charge on any atom is -0.508 e. The molecule has 2 unspecified atom stereocenters. The molecule has 1 saturated carbocycles. The van der Waals surface area contributed by atoms with E-state index >= 15 is 4.39 Å². The number of aromatic nitrogens is 3. The zero-order valence-electron chi connectivity index (χ0n) is 23.8. The Morgan fingerprint density at radius 2 is 2.00 bits per heavy atom. The first-order valence-electron chi connectivity index (χ1n) is 14.9. The van der Waals surface area contributed by atoms with Crippen LogP contribution in [0.2, 0.25) is 5.02 Å². The van der Waals surface area contributed by atoms with Gasteiger partial charge in [-0.2, -0.15) is 9.97 Å². The van der Waals surface area contributed by atoms with Gasteiger partial charge < -0.3 is 24.4 Å². The van der Waals surface area contributed by atoms with Gasteiger partial charge in [0.1, 0.15) is 22.8 Å². The molecule has 2 aromatic heterocycles. The number of hydrogen-bond donors (Lipinski definition) is 1. The zero-order valence-corrected chi connectivity index (χ0v) is 24.5. The first-order valence-corrected chi connectivity index (χ1v) is 15.2. The summed E-state index contributed by atoms with van der Waals surface area (Å²) in [6.07, 6.45) is 8.16. The molecule has 4 heterocycles. The minimum atomic E-state index is -0.604. The Bertz CT molecular complexity index is 1650. The lowest BCUT2D eigenvalue weighted by Gasteiger charge is -2.44. The summed E-state index contributed by atoms with van der Waals surface area (Å²) in [5.41, 5.74) is 0.657. The maximum atomic E-state index is 16.6. The predicted octanol–water partition coefficient (Wildman–Crippen LogP) is 6.21. The van der Waals surface area contributed by atoms with Crippen LogP contribution in [0.15, 0.2) is 36.5 Å². The molecule has 0 radical (unpaired) electrons. The van der Waals surface area contributed by atoms with Gasteiger partial charge in [-0.3, -0.25) is 4.98 Å². The van der Waals surface area contributed by atoms with Gasteiger partial charge in [0, 0.05) is 53.3 Å². The first kappa shape index (κ1) is 27.6. The number of aromatic hydroxyl groups is 1. The van der Waals surface area contributed by atoms with Crippen LogP contribution in [0.1, 0.15) is 38.5 Å². The molecule has 4 aromatic rings. The van der Waals surface area contributed by atoms with Crippen molar-refractivity contribution in [3.63, 3.8) is 0 Å². The fourth-order valence-electron chi connectivity index (χ4n) is 7.41. The number of pyridine rings is 1. The first-order chi connectivity index (χ1) is 20.4. The summed E-state index contributed by atoms with van der Waals surface area (Å²) < 4.78 is 28.7. The normalized spacial score (nSPS) is 23.3. The third-order valence-electron chi connectivity index (χ3n) is 9.40. The van der Waals surface area contributed by atoms with Crippen LogP contribution in [0.25, 0.3) is 32.9 Å². The van der Waals surface area contributed by atoms with Crippen molar-refractivity contribution in [2.45, 2.75) is 44.6 Å². The summed E-state index contributed by atoms with van der Waals surface area (Å²) in [5.74, 6) is -0.00691. The molecular weight excluding hydrogens is 557 g/mol. The number of anilines is 1. The molecule has 7 rings (SSSR count). The van der Waals surface area contributed by atoms with E-state index in [1.54, 1.807) is 24.4 Å². The number of rotatable bonds is 5. The predicted molar refractivity (Wildman–Crippen MR) is 162 cm³/mol. The van der Waals surface area contributed by atoms with Crippen molar-refractivity contribution in [1.29, 1.82) is 0 Å². The maximum Gasteiger partial charge on any atom is 0.319 e. The third kappa shape index (κ3) is 4.81. The summed E-state index contributed by atoms with van der Waals surface area (Å²) >= 11 is 6.57. The minimum absolute atomic E-state index is 0.000790. The number of halogens is 2. The number of phenolic OH excluding ortho intramolecular Hbond substituents is 1. The van der Waals surface area contributed by atoms with E-state index in [2.05, 4.69) is 26.8 Å². The standard InChI is InChI=1S/C32H35ClFN5O3/c1-38-11-4-10-32(9-3-8-25(32)38)19-42-31-36-29-23(30(37-31)39-12-5-14-41-15-13-39)18-35-28(27(29)34)22-17-21(40)16-20-6-2-7-24(33)26(20)22/h2,6-7,16-18,25,40H,3-5,8-15,19H2,1H3. The lowest BCUT2D eigenvalue weighted by atomic mass is 9.76. The summed E-state index contributed by atoms with van der Waals surface area (Å²) in [4.78, 5) is 18.7. The van der Waals surface area contributed by atoms with E-state index in [1.165, 1.54) is 18.9 Å². The monoisotopic (exact) mass is 591 g/mol. The number of phenols is 1. The van der Waals surface area contributed by atoms with Crippen molar-refractivity contribution in [3.05, 3.63) is 47.4 Å². The fourth-order valence-corrected chi connectivity index (χ4v) is 7.69. The second kappa shape index (κ2) is 11.1. The van der Waals surface area contributed by atoms with Crippen molar-refractivity contribution >= 4 is 39.1 Å². The van der Waals surface area contributed by atoms with E-state index in [-0.39, 0.29) is 28.4 Å². The number of piperidine rings is 1. The molecule has 3 aliphatic rings. The van der Waals surface area contributed by atoms with E-state index in [0.717, 1.165) is 38.8 Å². The lowest BCUT2D eigenvalue weighted by Crippen LogP contribution is -2.50.